The molecule has 1 saturated heterocycles. The van der Waals surface area contributed by atoms with Crippen LogP contribution in [0.15, 0.2) is 70.5 Å². The molecule has 1 atom stereocenters. The molecule has 12 heteroatoms. The van der Waals surface area contributed by atoms with E-state index in [1.165, 1.54) is 9.36 Å². The summed E-state index contributed by atoms with van der Waals surface area (Å²) in [7, 11) is 0. The Hall–Kier alpha value is -5.44. The number of hydrogen-bond acceptors (Lipinski definition) is 8. The summed E-state index contributed by atoms with van der Waals surface area (Å²) in [4.78, 5) is 57.3. The van der Waals surface area contributed by atoms with Crippen molar-refractivity contribution in [1.29, 1.82) is 0 Å². The lowest BCUT2D eigenvalue weighted by Crippen LogP contribution is -2.49. The first-order valence-corrected chi connectivity index (χ1v) is 15.7. The van der Waals surface area contributed by atoms with E-state index in [1.54, 1.807) is 30.0 Å². The second kappa shape index (κ2) is 13.1. The van der Waals surface area contributed by atoms with Crippen molar-refractivity contribution in [3.8, 4) is 11.8 Å². The summed E-state index contributed by atoms with van der Waals surface area (Å²) < 4.78 is 10.1. The first kappa shape index (κ1) is 31.5. The molecule has 6 rings (SSSR count). The molecule has 0 bridgehead atoms. The summed E-state index contributed by atoms with van der Waals surface area (Å²) in [5.74, 6) is 6.43. The van der Waals surface area contributed by atoms with Gasteiger partial charge in [-0.3, -0.25) is 24.1 Å². The smallest absolute Gasteiger partial charge is 0.407 e. The van der Waals surface area contributed by atoms with Crippen molar-refractivity contribution in [3.63, 3.8) is 0 Å². The molecule has 0 aliphatic carbocycles. The van der Waals surface area contributed by atoms with E-state index in [2.05, 4.69) is 22.1 Å². The molecule has 1 aliphatic heterocycles. The van der Waals surface area contributed by atoms with E-state index in [-0.39, 0.29) is 42.3 Å². The lowest BCUT2D eigenvalue weighted by Gasteiger charge is -2.34. The van der Waals surface area contributed by atoms with E-state index >= 15 is 0 Å². The van der Waals surface area contributed by atoms with Crippen molar-refractivity contribution in [2.24, 2.45) is 0 Å². The highest BCUT2D eigenvalue weighted by molar-refractivity contribution is 5.79. The molecule has 4 aromatic heterocycles. The predicted octanol–water partition coefficient (Wildman–Crippen LogP) is 3.92. The van der Waals surface area contributed by atoms with E-state index in [9.17, 15) is 14.4 Å². The van der Waals surface area contributed by atoms with Gasteiger partial charge < -0.3 is 15.0 Å². The van der Waals surface area contributed by atoms with Gasteiger partial charge >= 0.3 is 6.09 Å². The molecule has 1 amide bonds. The van der Waals surface area contributed by atoms with Gasteiger partial charge in [-0.15, -0.1) is 5.92 Å². The Kier molecular flexibility index (Phi) is 8.80. The number of hydrogen-bond donors (Lipinski definition) is 1. The molecule has 47 heavy (non-hydrogen) atoms. The third kappa shape index (κ3) is 6.89. The number of imidazole rings is 1. The monoisotopic (exact) mass is 634 g/mol. The van der Waals surface area contributed by atoms with Crippen LogP contribution >= 0.6 is 0 Å². The quantitative estimate of drug-likeness (QED) is 0.267. The first-order valence-electron chi connectivity index (χ1n) is 15.7. The van der Waals surface area contributed by atoms with Gasteiger partial charge in [0.15, 0.2) is 5.52 Å². The molecule has 1 fully saturated rings. The maximum Gasteiger partial charge on any atom is 0.407 e. The molecule has 12 nitrogen and oxygen atoms in total. The van der Waals surface area contributed by atoms with Crippen molar-refractivity contribution in [2.45, 2.75) is 71.8 Å². The summed E-state index contributed by atoms with van der Waals surface area (Å²) in [6, 6.07) is 15.0. The number of ether oxygens (including phenoxy) is 1. The van der Waals surface area contributed by atoms with Gasteiger partial charge in [0.05, 0.1) is 30.8 Å². The highest BCUT2D eigenvalue weighted by Gasteiger charge is 2.29. The number of carbonyl (C=O) groups excluding carboxylic acids is 1. The number of benzene rings is 1. The second-order valence-electron chi connectivity index (χ2n) is 12.6. The molecular formula is C35H38N8O4. The number of rotatable bonds is 7. The van der Waals surface area contributed by atoms with Crippen LogP contribution in [0.5, 0.6) is 0 Å². The number of para-hydroxylation sites is 1. The zero-order valence-electron chi connectivity index (χ0n) is 27.1. The zero-order chi connectivity index (χ0) is 33.1. The van der Waals surface area contributed by atoms with Crippen LogP contribution in [0.2, 0.25) is 0 Å². The molecule has 242 valence electrons. The minimum Gasteiger partial charge on any atom is -0.444 e. The second-order valence-corrected chi connectivity index (χ2v) is 12.6. The number of carbonyl (C=O) groups is 1. The molecule has 1 N–H and O–H groups in total. The molecule has 1 unspecified atom stereocenters. The van der Waals surface area contributed by atoms with Gasteiger partial charge in [-0.25, -0.2) is 19.1 Å². The van der Waals surface area contributed by atoms with Crippen molar-refractivity contribution in [3.05, 3.63) is 92.9 Å². The molecule has 0 spiro atoms. The number of nitrogens with zero attached hydrogens (tertiary/aromatic N) is 7. The number of fused-ring (bicyclic) bond motifs is 2. The summed E-state index contributed by atoms with van der Waals surface area (Å²) in [6.07, 6.45) is 4.37. The van der Waals surface area contributed by atoms with Gasteiger partial charge in [0.2, 0.25) is 5.95 Å². The van der Waals surface area contributed by atoms with Crippen LogP contribution in [-0.4, -0.2) is 59.7 Å². The number of aromatic nitrogens is 6. The van der Waals surface area contributed by atoms with E-state index in [1.807, 2.05) is 68.1 Å². The molecule has 5 aromatic rings. The average molecular weight is 635 g/mol. The Balaban J connectivity index is 1.46. The maximum absolute atomic E-state index is 14.5. The van der Waals surface area contributed by atoms with Crippen LogP contribution in [0.3, 0.4) is 0 Å². The summed E-state index contributed by atoms with van der Waals surface area (Å²) in [5, 5.41) is 3.95. The zero-order valence-corrected chi connectivity index (χ0v) is 27.1. The van der Waals surface area contributed by atoms with Crippen molar-refractivity contribution < 1.29 is 9.53 Å². The molecule has 1 aromatic carbocycles. The van der Waals surface area contributed by atoms with Crippen molar-refractivity contribution in [1.82, 2.24) is 34.2 Å². The van der Waals surface area contributed by atoms with Gasteiger partial charge in [0.1, 0.15) is 11.1 Å². The van der Waals surface area contributed by atoms with Crippen LogP contribution in [-0.2, 0) is 24.4 Å². The van der Waals surface area contributed by atoms with Crippen LogP contribution < -0.4 is 21.3 Å². The minimum atomic E-state index is -0.622. The molecule has 5 heterocycles. The van der Waals surface area contributed by atoms with Crippen LogP contribution in [0, 0.1) is 11.8 Å². The lowest BCUT2D eigenvalue weighted by atomic mass is 10.1. The highest BCUT2D eigenvalue weighted by atomic mass is 16.6. The Morgan fingerprint density at radius 3 is 2.60 bits per heavy atom. The van der Waals surface area contributed by atoms with Gasteiger partial charge in [-0.1, -0.05) is 36.3 Å². The number of anilines is 1. The first-order chi connectivity index (χ1) is 22.6. The number of amides is 1. The number of alkyl carbamates (subject to hydrolysis) is 1. The summed E-state index contributed by atoms with van der Waals surface area (Å²) in [6.45, 7) is 8.61. The van der Waals surface area contributed by atoms with Gasteiger partial charge in [-0.05, 0) is 64.3 Å². The van der Waals surface area contributed by atoms with E-state index < -0.39 is 17.3 Å². The average Bonchev–Trinajstić information content (AvgIpc) is 3.44. The normalized spacial score (nSPS) is 15.0. The fourth-order valence-electron chi connectivity index (χ4n) is 5.90. The summed E-state index contributed by atoms with van der Waals surface area (Å²) >= 11 is 0. The third-order valence-electron chi connectivity index (χ3n) is 7.97. The van der Waals surface area contributed by atoms with E-state index in [4.69, 9.17) is 14.7 Å². The fourth-order valence-corrected chi connectivity index (χ4v) is 5.90. The highest BCUT2D eigenvalue weighted by Crippen LogP contribution is 2.23. The SMILES string of the molecule is CC#CCn1c(N2CCCC(NC(=O)OC(C)(C)C)C2)nc2c(=O)n(Cc3cccnc3)n(Cc3ccc4ccccc4n3)c(=O)c21. The number of pyridine rings is 2. The van der Waals surface area contributed by atoms with Crippen LogP contribution in [0.1, 0.15) is 51.8 Å². The van der Waals surface area contributed by atoms with Crippen molar-refractivity contribution in [2.75, 3.05) is 18.0 Å². The van der Waals surface area contributed by atoms with Gasteiger partial charge in [0, 0.05) is 36.9 Å². The summed E-state index contributed by atoms with van der Waals surface area (Å²) in [5.41, 5.74) is 1.03. The van der Waals surface area contributed by atoms with E-state index in [0.29, 0.717) is 24.7 Å². The Morgan fingerprint density at radius 1 is 1.02 bits per heavy atom. The topological polar surface area (TPSA) is 129 Å². The number of piperidine rings is 1. The Morgan fingerprint density at radius 2 is 1.83 bits per heavy atom. The minimum absolute atomic E-state index is 0.0664. The van der Waals surface area contributed by atoms with Gasteiger partial charge in [0.25, 0.3) is 11.1 Å². The van der Waals surface area contributed by atoms with Crippen LogP contribution in [0.25, 0.3) is 21.9 Å². The Labute approximate surface area is 272 Å². The third-order valence-corrected chi connectivity index (χ3v) is 7.97. The molecule has 1 aliphatic rings. The molecular weight excluding hydrogens is 596 g/mol. The fraction of sp³-hybridized carbons (Fsp3) is 0.371. The lowest BCUT2D eigenvalue weighted by molar-refractivity contribution is 0.0499. The van der Waals surface area contributed by atoms with E-state index in [0.717, 1.165) is 29.3 Å². The van der Waals surface area contributed by atoms with Gasteiger partial charge in [-0.2, -0.15) is 0 Å². The predicted molar refractivity (Wildman–Crippen MR) is 180 cm³/mol. The van der Waals surface area contributed by atoms with Crippen molar-refractivity contribution >= 4 is 34.0 Å². The maximum atomic E-state index is 14.5. The molecule has 0 saturated carbocycles. The van der Waals surface area contributed by atoms with Crippen LogP contribution in [0.4, 0.5) is 10.7 Å². The standard InChI is InChI=1S/C35H38N8O4/c1-5-6-19-41-30-29(39-33(41)40-18-10-13-26(22-40)38-34(46)47-35(2,3)4)31(44)42(21-24-11-9-17-36-20-24)43(32(30)45)23-27-16-15-25-12-7-8-14-28(25)37-27/h7-9,11-12,14-17,20,26H,10,13,18-19,21-23H2,1-4H3,(H,38,46). The largest absolute Gasteiger partial charge is 0.444 e. The molecule has 0 radical (unpaired) electrons. The number of nitrogens with one attached hydrogen (secondary N) is 1. The Bertz CT molecular complexity index is 2120.